The van der Waals surface area contributed by atoms with Crippen molar-refractivity contribution in [1.82, 2.24) is 0 Å². The Morgan fingerprint density at radius 1 is 1.10 bits per heavy atom. The summed E-state index contributed by atoms with van der Waals surface area (Å²) in [6.45, 7) is 0. The molecule has 1 aromatic carbocycles. The predicted molar refractivity (Wildman–Crippen MR) is 25.2 cm³/mol. The zero-order chi connectivity index (χ0) is 6.85. The van der Waals surface area contributed by atoms with Crippen molar-refractivity contribution in [2.45, 2.75) is 0 Å². The fourth-order valence-corrected chi connectivity index (χ4v) is 0.426. The largest absolute Gasteiger partial charge is 0.281 e. The summed E-state index contributed by atoms with van der Waals surface area (Å²) in [4.78, 5) is 0. The summed E-state index contributed by atoms with van der Waals surface area (Å²) in [6, 6.07) is 3.04. The minimum atomic E-state index is -1.28. The second-order valence-electron chi connectivity index (χ2n) is 1.47. The molecule has 0 radical (unpaired) electrons. The quantitative estimate of drug-likeness (QED) is 0.324. The summed E-state index contributed by atoms with van der Waals surface area (Å²) in [5.74, 6) is -3.26. The second-order valence-corrected chi connectivity index (χ2v) is 1.47. The summed E-state index contributed by atoms with van der Waals surface area (Å²) in [6.07, 6.45) is 0. The fourth-order valence-electron chi connectivity index (χ4n) is 0.426. The van der Waals surface area contributed by atoms with Crippen LogP contribution in [0.2, 0.25) is 0 Å². The molecule has 0 bridgehead atoms. The molecule has 0 unspecified atom stereocenters. The van der Waals surface area contributed by atoms with Crippen LogP contribution >= 0.6 is 0 Å². The summed E-state index contributed by atoms with van der Waals surface area (Å²) in [7, 11) is 0. The maximum Gasteiger partial charge on any atom is 0.0479 e. The first-order chi connectivity index (χ1) is 4.20. The molecule has 0 saturated carbocycles. The van der Waals surface area contributed by atoms with E-state index in [2.05, 4.69) is 0 Å². The molecule has 0 atom stereocenters. The van der Waals surface area contributed by atoms with Gasteiger partial charge in [-0.1, -0.05) is 0 Å². The molecule has 0 heterocycles. The van der Waals surface area contributed by atoms with Crippen LogP contribution in [0.4, 0.5) is 13.2 Å². The van der Waals surface area contributed by atoms with Gasteiger partial charge in [-0.25, -0.2) is 8.78 Å². The molecule has 1 aromatic rings. The Bertz CT molecular complexity index is 224. The molecule has 52 valence electrons. The van der Waals surface area contributed by atoms with E-state index < -0.39 is 17.5 Å². The van der Waals surface area contributed by atoms with Gasteiger partial charge < -0.3 is 0 Å². The second kappa shape index (κ2) is 3.79. The van der Waals surface area contributed by atoms with Crippen molar-refractivity contribution in [3.05, 3.63) is 35.7 Å². The van der Waals surface area contributed by atoms with Crippen molar-refractivity contribution < 1.29 is 34.9 Å². The van der Waals surface area contributed by atoms with Gasteiger partial charge in [-0.2, -0.15) is 0 Å². The Kier molecular flexibility index (Phi) is 3.68. The van der Waals surface area contributed by atoms with Crippen LogP contribution in [0.5, 0.6) is 0 Å². The van der Waals surface area contributed by atoms with E-state index in [0.717, 1.165) is 6.07 Å². The Morgan fingerprint density at radius 3 is 2.10 bits per heavy atom. The van der Waals surface area contributed by atoms with Crippen LogP contribution in [0.15, 0.2) is 12.1 Å². The van der Waals surface area contributed by atoms with Crippen molar-refractivity contribution in [1.29, 1.82) is 0 Å². The molecule has 0 spiro atoms. The number of rotatable bonds is 0. The van der Waals surface area contributed by atoms with E-state index in [1.54, 1.807) is 0 Å². The molecule has 0 N–H and O–H groups in total. The monoisotopic (exact) mass is 179 g/mol. The minimum absolute atomic E-state index is 0. The summed E-state index contributed by atoms with van der Waals surface area (Å²) >= 11 is 0. The molecule has 0 aliphatic rings. The Morgan fingerprint density at radius 2 is 1.70 bits per heavy atom. The molecule has 0 aromatic heterocycles. The topological polar surface area (TPSA) is 0 Å². The van der Waals surface area contributed by atoms with E-state index >= 15 is 0 Å². The third-order valence-corrected chi connectivity index (χ3v) is 0.815. The predicted octanol–water partition coefficient (Wildman–Crippen LogP) is 1.90. The van der Waals surface area contributed by atoms with E-state index in [-0.39, 0.29) is 21.7 Å². The van der Waals surface area contributed by atoms with Crippen molar-refractivity contribution >= 4 is 0 Å². The number of hydrogen-bond donors (Lipinski definition) is 0. The van der Waals surface area contributed by atoms with Crippen LogP contribution in [-0.4, -0.2) is 0 Å². The molecule has 10 heavy (non-hydrogen) atoms. The van der Waals surface area contributed by atoms with E-state index in [1.807, 2.05) is 0 Å². The van der Waals surface area contributed by atoms with Gasteiger partial charge in [-0.05, 0) is 0 Å². The van der Waals surface area contributed by atoms with E-state index in [9.17, 15) is 13.2 Å². The van der Waals surface area contributed by atoms with Crippen LogP contribution in [-0.2, 0) is 21.7 Å². The summed E-state index contributed by atoms with van der Waals surface area (Å²) < 4.78 is 35.7. The Labute approximate surface area is 70.9 Å². The van der Waals surface area contributed by atoms with Crippen LogP contribution < -0.4 is 0 Å². The van der Waals surface area contributed by atoms with Gasteiger partial charge >= 0.3 is 0 Å². The summed E-state index contributed by atoms with van der Waals surface area (Å²) in [5, 5.41) is 0. The molecule has 1 rings (SSSR count). The molecule has 0 fully saturated rings. The van der Waals surface area contributed by atoms with Crippen molar-refractivity contribution in [2.75, 3.05) is 0 Å². The molecule has 0 amide bonds. The van der Waals surface area contributed by atoms with Crippen LogP contribution in [0.3, 0.4) is 0 Å². The molecule has 0 aliphatic carbocycles. The normalized spacial score (nSPS) is 8.70. The first-order valence-corrected chi connectivity index (χ1v) is 2.23. The summed E-state index contributed by atoms with van der Waals surface area (Å²) in [5.41, 5.74) is 0. The number of benzene rings is 1. The molecule has 0 saturated heterocycles. The van der Waals surface area contributed by atoms with Gasteiger partial charge in [0.15, 0.2) is 0 Å². The molecule has 4 heteroatoms. The van der Waals surface area contributed by atoms with Gasteiger partial charge in [0.2, 0.25) is 0 Å². The van der Waals surface area contributed by atoms with Crippen LogP contribution in [0, 0.1) is 23.5 Å². The fraction of sp³-hybridized carbons (Fsp3) is 0. The Balaban J connectivity index is 0.000000810. The van der Waals surface area contributed by atoms with E-state index in [0.29, 0.717) is 6.07 Å². The first kappa shape index (κ1) is 9.72. The number of halogens is 3. The van der Waals surface area contributed by atoms with E-state index in [1.165, 1.54) is 6.07 Å². The zero-order valence-electron chi connectivity index (χ0n) is 4.79. The van der Waals surface area contributed by atoms with Gasteiger partial charge in [0.05, 0.1) is 0 Å². The van der Waals surface area contributed by atoms with Crippen molar-refractivity contribution in [3.8, 4) is 0 Å². The first-order valence-electron chi connectivity index (χ1n) is 2.23. The van der Waals surface area contributed by atoms with Gasteiger partial charge in [0.25, 0.3) is 0 Å². The smallest absolute Gasteiger partial charge is 0.0479 e. The molecular weight excluding hydrogens is 177 g/mol. The van der Waals surface area contributed by atoms with E-state index in [4.69, 9.17) is 0 Å². The maximum atomic E-state index is 11.9. The van der Waals surface area contributed by atoms with Gasteiger partial charge in [0.1, 0.15) is 0 Å². The standard InChI is InChI=1S/C6H2F3.Ti/c7-4-1-2-5(8)6(9)3-4;/h1-2H;/q-1;. The molecule has 0 aliphatic heterocycles. The third-order valence-electron chi connectivity index (χ3n) is 0.815. The zero-order valence-corrected chi connectivity index (χ0v) is 6.35. The Hall–Kier alpha value is -0.276. The van der Waals surface area contributed by atoms with Gasteiger partial charge in [0, 0.05) is 39.2 Å². The number of hydrogen-bond acceptors (Lipinski definition) is 0. The van der Waals surface area contributed by atoms with Gasteiger partial charge in [-0.15, -0.1) is 18.2 Å². The average Bonchev–Trinajstić information content (AvgIpc) is 1.80. The molecular formula is C6H2F3Ti-. The van der Waals surface area contributed by atoms with Crippen molar-refractivity contribution in [3.63, 3.8) is 0 Å². The SMILES string of the molecule is Fc1[c-]c(F)c(F)cc1.[Ti]. The third kappa shape index (κ3) is 2.16. The molecule has 0 nitrogen and oxygen atoms in total. The van der Waals surface area contributed by atoms with Gasteiger partial charge in [-0.3, -0.25) is 4.39 Å². The van der Waals surface area contributed by atoms with Crippen molar-refractivity contribution in [2.24, 2.45) is 0 Å². The average molecular weight is 179 g/mol. The minimum Gasteiger partial charge on any atom is -0.281 e. The maximum absolute atomic E-state index is 11.9. The van der Waals surface area contributed by atoms with Crippen LogP contribution in [0.1, 0.15) is 0 Å². The van der Waals surface area contributed by atoms with Crippen LogP contribution in [0.25, 0.3) is 0 Å².